The Morgan fingerprint density at radius 2 is 1.73 bits per heavy atom. The highest BCUT2D eigenvalue weighted by atomic mass is 32.2. The number of sulfonamides is 1. The van der Waals surface area contributed by atoms with E-state index in [1.54, 1.807) is 18.7 Å². The maximum Gasteiger partial charge on any atom is 0.248 e. The summed E-state index contributed by atoms with van der Waals surface area (Å²) in [5.41, 5.74) is 2.87. The standard InChI is InChI=1S/C25H27FN2O3S2/c1-4-24(28(33(3,30)31)21-13-11-20(26)12-14-21)25(29)27-23-15-10-19(16-18(23)2)17-32-22-8-6-5-7-9-22/h5-16,24H,4,17H2,1-3H3,(H,27,29)/t24-/m1/s1. The van der Waals surface area contributed by atoms with Crippen molar-refractivity contribution in [2.24, 2.45) is 0 Å². The summed E-state index contributed by atoms with van der Waals surface area (Å²) in [6, 6.07) is 20.0. The Bertz CT molecular complexity index is 1200. The molecule has 0 aliphatic heterocycles. The third kappa shape index (κ3) is 6.58. The van der Waals surface area contributed by atoms with E-state index in [9.17, 15) is 17.6 Å². The molecular formula is C25H27FN2O3S2. The number of thioether (sulfide) groups is 1. The number of hydrogen-bond acceptors (Lipinski definition) is 4. The Hall–Kier alpha value is -2.84. The first-order valence-electron chi connectivity index (χ1n) is 10.5. The highest BCUT2D eigenvalue weighted by Crippen LogP contribution is 2.27. The quantitative estimate of drug-likeness (QED) is 0.399. The molecule has 3 aromatic carbocycles. The topological polar surface area (TPSA) is 66.5 Å². The Morgan fingerprint density at radius 1 is 1.06 bits per heavy atom. The van der Waals surface area contributed by atoms with E-state index < -0.39 is 27.8 Å². The zero-order chi connectivity index (χ0) is 24.0. The summed E-state index contributed by atoms with van der Waals surface area (Å²) in [7, 11) is -3.78. The third-order valence-corrected chi connectivity index (χ3v) is 7.37. The fourth-order valence-electron chi connectivity index (χ4n) is 3.50. The lowest BCUT2D eigenvalue weighted by molar-refractivity contribution is -0.117. The fourth-order valence-corrected chi connectivity index (χ4v) is 5.58. The van der Waals surface area contributed by atoms with Crippen LogP contribution < -0.4 is 9.62 Å². The molecular weight excluding hydrogens is 459 g/mol. The van der Waals surface area contributed by atoms with Crippen molar-refractivity contribution in [1.82, 2.24) is 0 Å². The van der Waals surface area contributed by atoms with Crippen LogP contribution in [-0.2, 0) is 20.6 Å². The van der Waals surface area contributed by atoms with E-state index in [-0.39, 0.29) is 12.1 Å². The number of amides is 1. The van der Waals surface area contributed by atoms with Gasteiger partial charge in [0.05, 0.1) is 11.9 Å². The number of anilines is 2. The summed E-state index contributed by atoms with van der Waals surface area (Å²) in [6.45, 7) is 3.64. The van der Waals surface area contributed by atoms with Gasteiger partial charge in [-0.05, 0) is 66.9 Å². The molecule has 0 unspecified atom stereocenters. The van der Waals surface area contributed by atoms with E-state index in [1.165, 1.54) is 29.2 Å². The molecule has 3 rings (SSSR count). The van der Waals surface area contributed by atoms with Crippen LogP contribution >= 0.6 is 11.8 Å². The maximum atomic E-state index is 13.4. The van der Waals surface area contributed by atoms with Crippen LogP contribution in [0.4, 0.5) is 15.8 Å². The van der Waals surface area contributed by atoms with Crippen molar-refractivity contribution in [3.8, 4) is 0 Å². The van der Waals surface area contributed by atoms with E-state index in [4.69, 9.17) is 0 Å². The van der Waals surface area contributed by atoms with E-state index in [1.807, 2.05) is 43.3 Å². The molecule has 0 aliphatic rings. The third-order valence-electron chi connectivity index (χ3n) is 5.11. The predicted octanol–water partition coefficient (Wildman–Crippen LogP) is 5.61. The van der Waals surface area contributed by atoms with Gasteiger partial charge in [-0.25, -0.2) is 12.8 Å². The van der Waals surface area contributed by atoms with Crippen LogP contribution in [0.5, 0.6) is 0 Å². The van der Waals surface area contributed by atoms with Gasteiger partial charge in [-0.3, -0.25) is 9.10 Å². The summed E-state index contributed by atoms with van der Waals surface area (Å²) < 4.78 is 39.4. The van der Waals surface area contributed by atoms with E-state index in [2.05, 4.69) is 17.4 Å². The predicted molar refractivity (Wildman–Crippen MR) is 134 cm³/mol. The second-order valence-corrected chi connectivity index (χ2v) is 10.6. The van der Waals surface area contributed by atoms with Gasteiger partial charge in [0.1, 0.15) is 11.9 Å². The van der Waals surface area contributed by atoms with Gasteiger partial charge in [0, 0.05) is 16.3 Å². The van der Waals surface area contributed by atoms with Gasteiger partial charge in [-0.2, -0.15) is 0 Å². The summed E-state index contributed by atoms with van der Waals surface area (Å²) in [4.78, 5) is 14.3. The molecule has 1 atom stereocenters. The molecule has 0 fully saturated rings. The molecule has 174 valence electrons. The zero-order valence-electron chi connectivity index (χ0n) is 18.8. The van der Waals surface area contributed by atoms with Gasteiger partial charge in [0.2, 0.25) is 15.9 Å². The monoisotopic (exact) mass is 486 g/mol. The van der Waals surface area contributed by atoms with Crippen molar-refractivity contribution < 1.29 is 17.6 Å². The van der Waals surface area contributed by atoms with Crippen molar-refractivity contribution in [3.63, 3.8) is 0 Å². The molecule has 0 spiro atoms. The smallest absolute Gasteiger partial charge is 0.248 e. The molecule has 0 radical (unpaired) electrons. The summed E-state index contributed by atoms with van der Waals surface area (Å²) >= 11 is 1.73. The molecule has 5 nitrogen and oxygen atoms in total. The van der Waals surface area contributed by atoms with E-state index >= 15 is 0 Å². The molecule has 0 saturated carbocycles. The zero-order valence-corrected chi connectivity index (χ0v) is 20.4. The Morgan fingerprint density at radius 3 is 2.30 bits per heavy atom. The molecule has 1 N–H and O–H groups in total. The van der Waals surface area contributed by atoms with Crippen LogP contribution in [0.2, 0.25) is 0 Å². The number of carbonyl (C=O) groups excluding carboxylic acids is 1. The van der Waals surface area contributed by atoms with Crippen molar-refractivity contribution >= 4 is 39.1 Å². The van der Waals surface area contributed by atoms with Crippen LogP contribution in [0, 0.1) is 12.7 Å². The van der Waals surface area contributed by atoms with Gasteiger partial charge in [-0.1, -0.05) is 37.3 Å². The van der Waals surface area contributed by atoms with Crippen LogP contribution in [0.3, 0.4) is 0 Å². The fraction of sp³-hybridized carbons (Fsp3) is 0.240. The molecule has 0 aliphatic carbocycles. The van der Waals surface area contributed by atoms with Gasteiger partial charge in [-0.15, -0.1) is 11.8 Å². The minimum absolute atomic E-state index is 0.242. The molecule has 0 saturated heterocycles. The average Bonchev–Trinajstić information content (AvgIpc) is 2.78. The molecule has 0 heterocycles. The second kappa shape index (κ2) is 10.9. The van der Waals surface area contributed by atoms with Crippen LogP contribution in [0.15, 0.2) is 77.7 Å². The Labute approximate surface area is 199 Å². The molecule has 33 heavy (non-hydrogen) atoms. The van der Waals surface area contributed by atoms with Crippen LogP contribution in [0.25, 0.3) is 0 Å². The molecule has 1 amide bonds. The van der Waals surface area contributed by atoms with Crippen molar-refractivity contribution in [2.75, 3.05) is 15.9 Å². The number of nitrogens with one attached hydrogen (secondary N) is 1. The van der Waals surface area contributed by atoms with Gasteiger partial charge in [0.25, 0.3) is 0 Å². The molecule has 3 aromatic rings. The highest BCUT2D eigenvalue weighted by molar-refractivity contribution is 7.98. The Kier molecular flexibility index (Phi) is 8.15. The number of rotatable bonds is 9. The van der Waals surface area contributed by atoms with E-state index in [0.717, 1.165) is 27.4 Å². The minimum atomic E-state index is -3.78. The number of aryl methyl sites for hydroxylation is 1. The summed E-state index contributed by atoms with van der Waals surface area (Å²) in [5.74, 6) is -0.129. The number of halogens is 1. The van der Waals surface area contributed by atoms with E-state index in [0.29, 0.717) is 5.69 Å². The first kappa shape index (κ1) is 24.8. The molecule has 0 bridgehead atoms. The Balaban J connectivity index is 1.76. The van der Waals surface area contributed by atoms with Gasteiger partial charge >= 0.3 is 0 Å². The number of benzene rings is 3. The van der Waals surface area contributed by atoms with Crippen molar-refractivity contribution in [1.29, 1.82) is 0 Å². The van der Waals surface area contributed by atoms with Crippen LogP contribution in [-0.4, -0.2) is 26.6 Å². The SMILES string of the molecule is CC[C@H](C(=O)Nc1ccc(CSc2ccccc2)cc1C)N(c1ccc(F)cc1)S(C)(=O)=O. The summed E-state index contributed by atoms with van der Waals surface area (Å²) in [5, 5.41) is 2.87. The lowest BCUT2D eigenvalue weighted by Gasteiger charge is -2.30. The normalized spacial score (nSPS) is 12.2. The van der Waals surface area contributed by atoms with Crippen LogP contribution in [0.1, 0.15) is 24.5 Å². The number of carbonyl (C=O) groups is 1. The largest absolute Gasteiger partial charge is 0.324 e. The number of nitrogens with zero attached hydrogens (tertiary/aromatic N) is 1. The lowest BCUT2D eigenvalue weighted by Crippen LogP contribution is -2.47. The minimum Gasteiger partial charge on any atom is -0.324 e. The second-order valence-electron chi connectivity index (χ2n) is 7.70. The summed E-state index contributed by atoms with van der Waals surface area (Å²) in [6.07, 6.45) is 1.29. The van der Waals surface area contributed by atoms with Gasteiger partial charge < -0.3 is 5.32 Å². The first-order valence-corrected chi connectivity index (χ1v) is 13.4. The number of hydrogen-bond donors (Lipinski definition) is 1. The average molecular weight is 487 g/mol. The molecule has 8 heteroatoms. The molecule has 0 aromatic heterocycles. The maximum absolute atomic E-state index is 13.4. The first-order chi connectivity index (χ1) is 15.7. The van der Waals surface area contributed by atoms with Gasteiger partial charge in [0.15, 0.2) is 0 Å². The van der Waals surface area contributed by atoms with Crippen molar-refractivity contribution in [3.05, 3.63) is 89.7 Å². The lowest BCUT2D eigenvalue weighted by atomic mass is 10.1. The van der Waals surface area contributed by atoms with Crippen molar-refractivity contribution in [2.45, 2.75) is 37.0 Å². The highest BCUT2D eigenvalue weighted by Gasteiger charge is 2.31.